The molecular formula is C12H13NO. The van der Waals surface area contributed by atoms with Crippen LogP contribution in [0.5, 0.6) is 0 Å². The first-order valence-electron chi connectivity index (χ1n) is 5.22. The Balaban J connectivity index is 1.98. The monoisotopic (exact) mass is 187 g/mol. The van der Waals surface area contributed by atoms with E-state index >= 15 is 0 Å². The Hall–Kier alpha value is -1.31. The van der Waals surface area contributed by atoms with Crippen LogP contribution in [0.25, 0.3) is 0 Å². The van der Waals surface area contributed by atoms with Gasteiger partial charge in [0.1, 0.15) is 0 Å². The van der Waals surface area contributed by atoms with E-state index in [9.17, 15) is 4.79 Å². The first kappa shape index (κ1) is 8.04. The molecule has 1 aliphatic carbocycles. The fourth-order valence-electron chi connectivity index (χ4n) is 2.75. The van der Waals surface area contributed by atoms with E-state index in [0.717, 1.165) is 12.8 Å². The van der Waals surface area contributed by atoms with E-state index in [-0.39, 0.29) is 5.91 Å². The second-order valence-corrected chi connectivity index (χ2v) is 4.22. The average Bonchev–Trinajstić information content (AvgIpc) is 2.54. The molecule has 1 heterocycles. The second-order valence-electron chi connectivity index (χ2n) is 4.22. The molecule has 1 saturated heterocycles. The summed E-state index contributed by atoms with van der Waals surface area (Å²) in [5.41, 5.74) is 2.88. The molecule has 1 N–H and O–H groups in total. The molecule has 72 valence electrons. The van der Waals surface area contributed by atoms with Crippen molar-refractivity contribution in [2.75, 3.05) is 0 Å². The van der Waals surface area contributed by atoms with Crippen molar-refractivity contribution >= 4 is 5.91 Å². The van der Waals surface area contributed by atoms with E-state index < -0.39 is 0 Å². The van der Waals surface area contributed by atoms with Crippen molar-refractivity contribution in [3.8, 4) is 0 Å². The van der Waals surface area contributed by atoms with Gasteiger partial charge in [-0.2, -0.15) is 0 Å². The van der Waals surface area contributed by atoms with Crippen molar-refractivity contribution in [2.24, 2.45) is 0 Å². The molecule has 1 fully saturated rings. The van der Waals surface area contributed by atoms with E-state index in [1.807, 2.05) is 0 Å². The molecule has 0 bridgehead atoms. The molecule has 0 spiro atoms. The van der Waals surface area contributed by atoms with E-state index in [1.165, 1.54) is 11.1 Å². The Morgan fingerprint density at radius 1 is 1.29 bits per heavy atom. The molecular weight excluding hydrogens is 174 g/mol. The Morgan fingerprint density at radius 2 is 2.14 bits per heavy atom. The summed E-state index contributed by atoms with van der Waals surface area (Å²) < 4.78 is 0. The van der Waals surface area contributed by atoms with Gasteiger partial charge in [0, 0.05) is 18.4 Å². The molecule has 14 heavy (non-hydrogen) atoms. The number of fused-ring (bicyclic) bond motifs is 3. The number of benzene rings is 1. The van der Waals surface area contributed by atoms with Gasteiger partial charge >= 0.3 is 0 Å². The molecule has 0 aromatic heterocycles. The smallest absolute Gasteiger partial charge is 0.220 e. The summed E-state index contributed by atoms with van der Waals surface area (Å²) in [6, 6.07) is 8.93. The number of nitrogens with one attached hydrogen (secondary N) is 1. The van der Waals surface area contributed by atoms with Crippen LogP contribution in [-0.2, 0) is 11.2 Å². The molecule has 0 saturated carbocycles. The summed E-state index contributed by atoms with van der Waals surface area (Å²) in [6.07, 6.45) is 2.73. The summed E-state index contributed by atoms with van der Waals surface area (Å²) >= 11 is 0. The maximum atomic E-state index is 11.2. The molecule has 2 nitrogen and oxygen atoms in total. The van der Waals surface area contributed by atoms with Crippen LogP contribution in [0.2, 0.25) is 0 Å². The first-order chi connectivity index (χ1) is 6.84. The Morgan fingerprint density at radius 3 is 3.07 bits per heavy atom. The Bertz CT molecular complexity index is 386. The van der Waals surface area contributed by atoms with Crippen molar-refractivity contribution in [1.82, 2.24) is 5.32 Å². The quantitative estimate of drug-likeness (QED) is 0.656. The van der Waals surface area contributed by atoms with Crippen LogP contribution in [0.4, 0.5) is 0 Å². The van der Waals surface area contributed by atoms with Gasteiger partial charge < -0.3 is 5.32 Å². The summed E-state index contributed by atoms with van der Waals surface area (Å²) in [4.78, 5) is 11.2. The number of piperidine rings is 1. The van der Waals surface area contributed by atoms with Crippen LogP contribution in [0.1, 0.15) is 29.9 Å². The van der Waals surface area contributed by atoms with E-state index in [0.29, 0.717) is 18.4 Å². The third kappa shape index (κ3) is 1.07. The van der Waals surface area contributed by atoms with Crippen LogP contribution >= 0.6 is 0 Å². The molecule has 2 aliphatic rings. The minimum absolute atomic E-state index is 0.221. The SMILES string of the molecule is O=C1CCC2c3ccccc3CC2N1. The fraction of sp³-hybridized carbons (Fsp3) is 0.417. The maximum Gasteiger partial charge on any atom is 0.220 e. The third-order valence-electron chi connectivity index (χ3n) is 3.41. The lowest BCUT2D eigenvalue weighted by Crippen LogP contribution is -2.41. The second kappa shape index (κ2) is 2.84. The summed E-state index contributed by atoms with van der Waals surface area (Å²) in [7, 11) is 0. The molecule has 3 rings (SSSR count). The number of carbonyl (C=O) groups excluding carboxylic acids is 1. The standard InChI is InChI=1S/C12H13NO/c14-12-6-5-10-9-4-2-1-3-8(9)7-11(10)13-12/h1-4,10-11H,5-7H2,(H,13,14). The molecule has 0 radical (unpaired) electrons. The van der Waals surface area contributed by atoms with Crippen LogP contribution in [0, 0.1) is 0 Å². The van der Waals surface area contributed by atoms with E-state index in [1.54, 1.807) is 0 Å². The molecule has 1 aliphatic heterocycles. The Kier molecular flexibility index (Phi) is 1.63. The highest BCUT2D eigenvalue weighted by molar-refractivity contribution is 5.78. The third-order valence-corrected chi connectivity index (χ3v) is 3.41. The summed E-state index contributed by atoms with van der Waals surface area (Å²) in [6.45, 7) is 0. The van der Waals surface area contributed by atoms with Gasteiger partial charge in [-0.25, -0.2) is 0 Å². The van der Waals surface area contributed by atoms with Crippen molar-refractivity contribution in [3.63, 3.8) is 0 Å². The predicted molar refractivity (Wildman–Crippen MR) is 54.1 cm³/mol. The lowest BCUT2D eigenvalue weighted by molar-refractivity contribution is -0.123. The average molecular weight is 187 g/mol. The molecule has 1 amide bonds. The van der Waals surface area contributed by atoms with Gasteiger partial charge in [-0.3, -0.25) is 4.79 Å². The van der Waals surface area contributed by atoms with Gasteiger partial charge in [0.05, 0.1) is 0 Å². The van der Waals surface area contributed by atoms with Crippen LogP contribution in [0.3, 0.4) is 0 Å². The molecule has 2 atom stereocenters. The molecule has 2 unspecified atom stereocenters. The first-order valence-corrected chi connectivity index (χ1v) is 5.22. The largest absolute Gasteiger partial charge is 0.352 e. The number of rotatable bonds is 0. The highest BCUT2D eigenvalue weighted by atomic mass is 16.1. The number of amides is 1. The van der Waals surface area contributed by atoms with Crippen molar-refractivity contribution < 1.29 is 4.79 Å². The highest BCUT2D eigenvalue weighted by Crippen LogP contribution is 2.38. The van der Waals surface area contributed by atoms with Gasteiger partial charge in [-0.1, -0.05) is 24.3 Å². The van der Waals surface area contributed by atoms with Crippen molar-refractivity contribution in [2.45, 2.75) is 31.2 Å². The fourth-order valence-corrected chi connectivity index (χ4v) is 2.75. The van der Waals surface area contributed by atoms with Crippen LogP contribution in [0.15, 0.2) is 24.3 Å². The topological polar surface area (TPSA) is 29.1 Å². The summed E-state index contributed by atoms with van der Waals surface area (Å²) in [5, 5.41) is 3.09. The zero-order valence-corrected chi connectivity index (χ0v) is 7.99. The molecule has 1 aromatic rings. The van der Waals surface area contributed by atoms with Gasteiger partial charge in [-0.15, -0.1) is 0 Å². The van der Waals surface area contributed by atoms with Gasteiger partial charge in [0.15, 0.2) is 0 Å². The van der Waals surface area contributed by atoms with Crippen molar-refractivity contribution in [1.29, 1.82) is 0 Å². The molecule has 1 aromatic carbocycles. The zero-order valence-electron chi connectivity index (χ0n) is 7.99. The zero-order chi connectivity index (χ0) is 9.54. The minimum atomic E-state index is 0.221. The van der Waals surface area contributed by atoms with Crippen LogP contribution in [-0.4, -0.2) is 11.9 Å². The van der Waals surface area contributed by atoms with Crippen molar-refractivity contribution in [3.05, 3.63) is 35.4 Å². The van der Waals surface area contributed by atoms with Gasteiger partial charge in [0.2, 0.25) is 5.91 Å². The van der Waals surface area contributed by atoms with Gasteiger partial charge in [0.25, 0.3) is 0 Å². The normalized spacial score (nSPS) is 29.3. The highest BCUT2D eigenvalue weighted by Gasteiger charge is 2.36. The number of hydrogen-bond donors (Lipinski definition) is 1. The van der Waals surface area contributed by atoms with Crippen LogP contribution < -0.4 is 5.32 Å². The number of hydrogen-bond acceptors (Lipinski definition) is 1. The summed E-state index contributed by atoms with van der Waals surface area (Å²) in [5.74, 6) is 0.794. The lowest BCUT2D eigenvalue weighted by atomic mass is 9.90. The Labute approximate surface area is 83.3 Å². The van der Waals surface area contributed by atoms with Gasteiger partial charge in [-0.05, 0) is 24.0 Å². The van der Waals surface area contributed by atoms with E-state index in [4.69, 9.17) is 0 Å². The van der Waals surface area contributed by atoms with E-state index in [2.05, 4.69) is 29.6 Å². The number of carbonyl (C=O) groups is 1. The predicted octanol–water partition coefficient (Wildman–Crippen LogP) is 1.60. The molecule has 2 heteroatoms. The lowest BCUT2D eigenvalue weighted by Gasteiger charge is -2.26. The minimum Gasteiger partial charge on any atom is -0.352 e. The maximum absolute atomic E-state index is 11.2.